The average Bonchev–Trinajstić information content (AvgIpc) is 2.68. The number of anilines is 1. The van der Waals surface area contributed by atoms with E-state index in [1.807, 2.05) is 19.9 Å². The molecule has 0 spiro atoms. The van der Waals surface area contributed by atoms with Crippen molar-refractivity contribution in [1.29, 1.82) is 0 Å². The van der Waals surface area contributed by atoms with Crippen LogP contribution in [-0.2, 0) is 0 Å². The van der Waals surface area contributed by atoms with Crippen molar-refractivity contribution in [2.45, 2.75) is 40.2 Å². The monoisotopic (exact) mass is 505 g/mol. The molecule has 0 aliphatic carbocycles. The molecule has 2 amide bonds. The van der Waals surface area contributed by atoms with Gasteiger partial charge in [0.1, 0.15) is 5.75 Å². The van der Waals surface area contributed by atoms with Gasteiger partial charge in [0.15, 0.2) is 5.11 Å². The normalized spacial score (nSPS) is 10.7. The molecular weight excluding hydrogens is 478 g/mol. The Morgan fingerprint density at radius 3 is 2.48 bits per heavy atom. The minimum atomic E-state index is -0.382. The van der Waals surface area contributed by atoms with Gasteiger partial charge >= 0.3 is 0 Å². The fourth-order valence-electron chi connectivity index (χ4n) is 2.63. The zero-order valence-electron chi connectivity index (χ0n) is 18.1. The Morgan fingerprint density at radius 1 is 1.06 bits per heavy atom. The number of ether oxygens (including phenoxy) is 1. The number of hydrogen-bond donors (Lipinski definition) is 3. The van der Waals surface area contributed by atoms with Gasteiger partial charge in [0, 0.05) is 21.8 Å². The number of hydrogen-bond acceptors (Lipinski definition) is 4. The van der Waals surface area contributed by atoms with Crippen molar-refractivity contribution in [3.8, 4) is 5.75 Å². The summed E-state index contributed by atoms with van der Waals surface area (Å²) in [5.41, 5.74) is 1.48. The highest BCUT2D eigenvalue weighted by Crippen LogP contribution is 2.24. The molecule has 2 aromatic carbocycles. The van der Waals surface area contributed by atoms with Gasteiger partial charge in [0.25, 0.3) is 11.8 Å². The molecule has 0 saturated heterocycles. The van der Waals surface area contributed by atoms with Crippen molar-refractivity contribution in [1.82, 2.24) is 10.6 Å². The Bertz CT molecular complexity index is 947. The molecule has 2 aromatic rings. The molecule has 6 nitrogen and oxygen atoms in total. The first-order chi connectivity index (χ1) is 14.7. The lowest BCUT2D eigenvalue weighted by atomic mass is 10.1. The number of rotatable bonds is 8. The minimum Gasteiger partial charge on any atom is -0.493 e. The van der Waals surface area contributed by atoms with Crippen LogP contribution in [0, 0.1) is 5.92 Å². The summed E-state index contributed by atoms with van der Waals surface area (Å²) in [6, 6.07) is 12.2. The third-order valence-electron chi connectivity index (χ3n) is 4.17. The SMILES string of the molecule is CC(C)CCOc1ccc(Br)cc1C(=O)NC(=S)Nc1cccc(C(=O)NC(C)C)c1. The summed E-state index contributed by atoms with van der Waals surface area (Å²) >= 11 is 8.69. The van der Waals surface area contributed by atoms with Crippen molar-refractivity contribution in [2.75, 3.05) is 11.9 Å². The van der Waals surface area contributed by atoms with E-state index in [0.717, 1.165) is 10.9 Å². The lowest BCUT2D eigenvalue weighted by Gasteiger charge is -2.15. The molecule has 0 fully saturated rings. The standard InChI is InChI=1S/C23H28BrN3O3S/c1-14(2)10-11-30-20-9-8-17(24)13-19(20)22(29)27-23(31)26-18-7-5-6-16(12-18)21(28)25-15(3)4/h5-9,12-15H,10-11H2,1-4H3,(H,25,28)(H2,26,27,29,31). The third-order valence-corrected chi connectivity index (χ3v) is 4.87. The molecule has 0 bridgehead atoms. The van der Waals surface area contributed by atoms with E-state index in [0.29, 0.717) is 35.1 Å². The molecule has 0 aliphatic rings. The third kappa shape index (κ3) is 8.30. The zero-order chi connectivity index (χ0) is 23.0. The summed E-state index contributed by atoms with van der Waals surface area (Å²) in [6.45, 7) is 8.54. The number of amides is 2. The van der Waals surface area contributed by atoms with E-state index in [1.54, 1.807) is 36.4 Å². The first-order valence-corrected chi connectivity index (χ1v) is 11.3. The van der Waals surface area contributed by atoms with Crippen LogP contribution in [0.4, 0.5) is 5.69 Å². The van der Waals surface area contributed by atoms with Crippen LogP contribution in [0.25, 0.3) is 0 Å². The van der Waals surface area contributed by atoms with Gasteiger partial charge in [0.05, 0.1) is 12.2 Å². The van der Waals surface area contributed by atoms with E-state index >= 15 is 0 Å². The summed E-state index contributed by atoms with van der Waals surface area (Å²) in [4.78, 5) is 25.0. The molecule has 0 unspecified atom stereocenters. The highest BCUT2D eigenvalue weighted by Gasteiger charge is 2.16. The summed E-state index contributed by atoms with van der Waals surface area (Å²) in [6.07, 6.45) is 0.887. The van der Waals surface area contributed by atoms with Crippen LogP contribution in [0.1, 0.15) is 54.8 Å². The number of halogens is 1. The van der Waals surface area contributed by atoms with Crippen molar-refractivity contribution >= 4 is 50.8 Å². The van der Waals surface area contributed by atoms with Crippen LogP contribution in [0.5, 0.6) is 5.75 Å². The van der Waals surface area contributed by atoms with Crippen molar-refractivity contribution in [3.05, 3.63) is 58.1 Å². The Labute approximate surface area is 197 Å². The maximum Gasteiger partial charge on any atom is 0.261 e. The van der Waals surface area contributed by atoms with E-state index < -0.39 is 0 Å². The minimum absolute atomic E-state index is 0.0339. The molecule has 8 heteroatoms. The fourth-order valence-corrected chi connectivity index (χ4v) is 3.20. The smallest absolute Gasteiger partial charge is 0.261 e. The van der Waals surface area contributed by atoms with Crippen LogP contribution >= 0.6 is 28.1 Å². The summed E-state index contributed by atoms with van der Waals surface area (Å²) in [5, 5.41) is 8.59. The molecule has 3 N–H and O–H groups in total. The number of carbonyl (C=O) groups is 2. The lowest BCUT2D eigenvalue weighted by Crippen LogP contribution is -2.34. The first kappa shape index (κ1) is 24.8. The largest absolute Gasteiger partial charge is 0.493 e. The van der Waals surface area contributed by atoms with Crippen molar-refractivity contribution in [2.24, 2.45) is 5.92 Å². The van der Waals surface area contributed by atoms with Crippen molar-refractivity contribution < 1.29 is 14.3 Å². The number of benzene rings is 2. The van der Waals surface area contributed by atoms with Crippen LogP contribution < -0.4 is 20.7 Å². The molecule has 0 aromatic heterocycles. The van der Waals surface area contributed by atoms with Gasteiger partial charge in [-0.1, -0.05) is 35.8 Å². The summed E-state index contributed by atoms with van der Waals surface area (Å²) in [7, 11) is 0. The maximum atomic E-state index is 12.8. The Hall–Kier alpha value is -2.45. The van der Waals surface area contributed by atoms with Crippen LogP contribution in [-0.4, -0.2) is 29.6 Å². The van der Waals surface area contributed by atoms with Gasteiger partial charge in [-0.25, -0.2) is 0 Å². The first-order valence-electron chi connectivity index (χ1n) is 10.1. The molecule has 166 valence electrons. The molecular formula is C23H28BrN3O3S. The van der Waals surface area contributed by atoms with Gasteiger partial charge in [-0.3, -0.25) is 14.9 Å². The fraction of sp³-hybridized carbons (Fsp3) is 0.348. The van der Waals surface area contributed by atoms with E-state index in [9.17, 15) is 9.59 Å². The second-order valence-corrected chi connectivity index (χ2v) is 9.11. The van der Waals surface area contributed by atoms with Crippen LogP contribution in [0.2, 0.25) is 0 Å². The predicted octanol–water partition coefficient (Wildman–Crippen LogP) is 5.14. The summed E-state index contributed by atoms with van der Waals surface area (Å²) < 4.78 is 6.57. The Balaban J connectivity index is 2.05. The molecule has 2 rings (SSSR count). The van der Waals surface area contributed by atoms with Gasteiger partial charge in [-0.15, -0.1) is 0 Å². The second-order valence-electron chi connectivity index (χ2n) is 7.79. The molecule has 0 aliphatic heterocycles. The number of carbonyl (C=O) groups excluding carboxylic acids is 2. The molecule has 0 atom stereocenters. The van der Waals surface area contributed by atoms with Gasteiger partial charge in [0.2, 0.25) is 0 Å². The number of nitrogens with one attached hydrogen (secondary N) is 3. The molecule has 0 saturated carbocycles. The average molecular weight is 506 g/mol. The molecule has 31 heavy (non-hydrogen) atoms. The van der Waals surface area contributed by atoms with Crippen LogP contribution in [0.15, 0.2) is 46.9 Å². The van der Waals surface area contributed by atoms with E-state index in [1.165, 1.54) is 0 Å². The maximum absolute atomic E-state index is 12.8. The van der Waals surface area contributed by atoms with E-state index in [2.05, 4.69) is 45.7 Å². The molecule has 0 heterocycles. The lowest BCUT2D eigenvalue weighted by molar-refractivity contribution is 0.0940. The van der Waals surface area contributed by atoms with E-state index in [-0.39, 0.29) is 23.0 Å². The Morgan fingerprint density at radius 2 is 1.81 bits per heavy atom. The molecule has 0 radical (unpaired) electrons. The summed E-state index contributed by atoms with van der Waals surface area (Å²) in [5.74, 6) is 0.442. The van der Waals surface area contributed by atoms with Crippen molar-refractivity contribution in [3.63, 3.8) is 0 Å². The highest BCUT2D eigenvalue weighted by atomic mass is 79.9. The van der Waals surface area contributed by atoms with Gasteiger partial charge in [-0.2, -0.15) is 0 Å². The van der Waals surface area contributed by atoms with E-state index in [4.69, 9.17) is 17.0 Å². The second kappa shape index (κ2) is 11.8. The van der Waals surface area contributed by atoms with Gasteiger partial charge in [-0.05, 0) is 74.8 Å². The van der Waals surface area contributed by atoms with Crippen LogP contribution in [0.3, 0.4) is 0 Å². The highest BCUT2D eigenvalue weighted by molar-refractivity contribution is 9.10. The topological polar surface area (TPSA) is 79.5 Å². The zero-order valence-corrected chi connectivity index (χ0v) is 20.5. The quantitative estimate of drug-likeness (QED) is 0.432. The Kier molecular flexibility index (Phi) is 9.45. The van der Waals surface area contributed by atoms with Gasteiger partial charge < -0.3 is 15.4 Å². The number of thiocarbonyl (C=S) groups is 1. The predicted molar refractivity (Wildman–Crippen MR) is 132 cm³/mol.